The number of rotatable bonds is 3. The summed E-state index contributed by atoms with van der Waals surface area (Å²) in [5.41, 5.74) is 9.53. The van der Waals surface area contributed by atoms with Crippen molar-refractivity contribution in [2.45, 2.75) is 26.3 Å². The fourth-order valence-electron chi connectivity index (χ4n) is 2.12. The smallest absolute Gasteiger partial charge is 0.127 e. The topological polar surface area (TPSA) is 38.9 Å². The van der Waals surface area contributed by atoms with Crippen LogP contribution in [0.1, 0.15) is 28.6 Å². The molecule has 4 heteroatoms. The Morgan fingerprint density at radius 3 is 2.42 bits per heavy atom. The van der Waals surface area contributed by atoms with Gasteiger partial charge in [0.25, 0.3) is 0 Å². The summed E-state index contributed by atoms with van der Waals surface area (Å²) in [6.45, 7) is 3.85. The molecule has 2 rings (SSSR count). The van der Waals surface area contributed by atoms with Crippen LogP contribution in [-0.4, -0.2) is 4.98 Å². The molecule has 0 spiro atoms. The van der Waals surface area contributed by atoms with E-state index in [1.54, 1.807) is 12.1 Å². The van der Waals surface area contributed by atoms with Crippen LogP contribution in [0.2, 0.25) is 5.02 Å². The molecule has 19 heavy (non-hydrogen) atoms. The van der Waals surface area contributed by atoms with Crippen LogP contribution < -0.4 is 5.73 Å². The molecule has 0 amide bonds. The number of hydrogen-bond donors (Lipinski definition) is 1. The molecule has 0 fully saturated rings. The highest BCUT2D eigenvalue weighted by molar-refractivity contribution is 6.30. The minimum Gasteiger partial charge on any atom is -0.324 e. The largest absolute Gasteiger partial charge is 0.324 e. The second-order valence-corrected chi connectivity index (χ2v) is 5.17. The summed E-state index contributed by atoms with van der Waals surface area (Å²) < 4.78 is 13.7. The van der Waals surface area contributed by atoms with Crippen LogP contribution in [0.25, 0.3) is 0 Å². The zero-order chi connectivity index (χ0) is 14.0. The summed E-state index contributed by atoms with van der Waals surface area (Å²) in [5, 5.41) is 0.394. The highest BCUT2D eigenvalue weighted by atomic mass is 35.5. The quantitative estimate of drug-likeness (QED) is 0.929. The third-order valence-corrected chi connectivity index (χ3v) is 3.22. The summed E-state index contributed by atoms with van der Waals surface area (Å²) in [4.78, 5) is 4.31. The molecule has 0 bridgehead atoms. The van der Waals surface area contributed by atoms with Crippen LogP contribution in [0, 0.1) is 19.7 Å². The van der Waals surface area contributed by atoms with Gasteiger partial charge in [-0.15, -0.1) is 0 Å². The first-order valence-electron chi connectivity index (χ1n) is 6.10. The van der Waals surface area contributed by atoms with E-state index in [0.29, 0.717) is 17.0 Å². The molecule has 2 nitrogen and oxygen atoms in total. The van der Waals surface area contributed by atoms with Gasteiger partial charge in [0.15, 0.2) is 0 Å². The first kappa shape index (κ1) is 14.0. The molecule has 0 aliphatic rings. The average Bonchev–Trinajstić information content (AvgIpc) is 2.31. The molecule has 0 saturated carbocycles. The number of nitrogens with two attached hydrogens (primary N) is 1. The lowest BCUT2D eigenvalue weighted by atomic mass is 9.99. The van der Waals surface area contributed by atoms with Crippen LogP contribution in [0.3, 0.4) is 0 Å². The molecule has 100 valence electrons. The molecule has 1 atom stereocenters. The maximum Gasteiger partial charge on any atom is 0.127 e. The summed E-state index contributed by atoms with van der Waals surface area (Å²) in [7, 11) is 0. The van der Waals surface area contributed by atoms with E-state index in [0.717, 1.165) is 17.0 Å². The van der Waals surface area contributed by atoms with Crippen LogP contribution in [0.15, 0.2) is 30.3 Å². The van der Waals surface area contributed by atoms with Gasteiger partial charge in [-0.1, -0.05) is 17.7 Å². The number of aryl methyl sites for hydroxylation is 2. The maximum absolute atomic E-state index is 13.7. The van der Waals surface area contributed by atoms with Crippen molar-refractivity contribution < 1.29 is 4.39 Å². The third-order valence-electron chi connectivity index (χ3n) is 2.99. The first-order chi connectivity index (χ1) is 8.95. The predicted molar refractivity (Wildman–Crippen MR) is 75.8 cm³/mol. The highest BCUT2D eigenvalue weighted by Crippen LogP contribution is 2.21. The van der Waals surface area contributed by atoms with Gasteiger partial charge in [-0.3, -0.25) is 4.98 Å². The van der Waals surface area contributed by atoms with E-state index in [2.05, 4.69) is 4.98 Å². The fraction of sp³-hybridized carbons (Fsp3) is 0.267. The number of nitrogens with zero attached hydrogens (tertiary/aromatic N) is 1. The summed E-state index contributed by atoms with van der Waals surface area (Å²) in [6, 6.07) is 8.29. The standard InChI is InChI=1S/C15H16ClFN2/c1-9-5-12(6-10(2)19-9)15(18)7-11-3-4-13(16)8-14(11)17/h3-6,8,15H,7,18H2,1-2H3. The van der Waals surface area contributed by atoms with Gasteiger partial charge in [0.05, 0.1) is 0 Å². The minimum atomic E-state index is -0.314. The maximum atomic E-state index is 13.7. The molecule has 1 aromatic heterocycles. The van der Waals surface area contributed by atoms with Crippen molar-refractivity contribution in [1.82, 2.24) is 4.98 Å². The Bertz CT molecular complexity index is 578. The lowest BCUT2D eigenvalue weighted by molar-refractivity contribution is 0.593. The monoisotopic (exact) mass is 278 g/mol. The van der Waals surface area contributed by atoms with Crippen molar-refractivity contribution in [2.75, 3.05) is 0 Å². The Labute approximate surface area is 117 Å². The van der Waals surface area contributed by atoms with Gasteiger partial charge in [0.1, 0.15) is 5.82 Å². The van der Waals surface area contributed by atoms with Crippen molar-refractivity contribution in [3.05, 3.63) is 63.7 Å². The Kier molecular flexibility index (Phi) is 4.17. The van der Waals surface area contributed by atoms with E-state index in [9.17, 15) is 4.39 Å². The van der Waals surface area contributed by atoms with E-state index in [-0.39, 0.29) is 11.9 Å². The van der Waals surface area contributed by atoms with Gasteiger partial charge in [-0.2, -0.15) is 0 Å². The molecule has 0 radical (unpaired) electrons. The molecule has 0 saturated heterocycles. The number of pyridine rings is 1. The van der Waals surface area contributed by atoms with Crippen molar-refractivity contribution in [2.24, 2.45) is 5.73 Å². The zero-order valence-corrected chi connectivity index (χ0v) is 11.7. The van der Waals surface area contributed by atoms with Crippen LogP contribution in [-0.2, 0) is 6.42 Å². The van der Waals surface area contributed by atoms with Crippen LogP contribution in [0.4, 0.5) is 4.39 Å². The molecular formula is C15H16ClFN2. The van der Waals surface area contributed by atoms with Crippen molar-refractivity contribution in [3.63, 3.8) is 0 Å². The zero-order valence-electron chi connectivity index (χ0n) is 11.0. The number of halogens is 2. The SMILES string of the molecule is Cc1cc(C(N)Cc2ccc(Cl)cc2F)cc(C)n1. The number of hydrogen-bond acceptors (Lipinski definition) is 2. The molecule has 0 aliphatic carbocycles. The van der Waals surface area contributed by atoms with Gasteiger partial charge in [0.2, 0.25) is 0 Å². The molecule has 1 heterocycles. The second kappa shape index (κ2) is 5.68. The molecule has 2 N–H and O–H groups in total. The predicted octanol–water partition coefficient (Wildman–Crippen LogP) is 3.73. The van der Waals surface area contributed by atoms with Crippen LogP contribution in [0.5, 0.6) is 0 Å². The van der Waals surface area contributed by atoms with Gasteiger partial charge < -0.3 is 5.73 Å². The van der Waals surface area contributed by atoms with E-state index in [4.69, 9.17) is 17.3 Å². The number of benzene rings is 1. The van der Waals surface area contributed by atoms with E-state index < -0.39 is 0 Å². The molecule has 2 aromatic rings. The van der Waals surface area contributed by atoms with Crippen LogP contribution >= 0.6 is 11.6 Å². The van der Waals surface area contributed by atoms with Crippen molar-refractivity contribution in [1.29, 1.82) is 0 Å². The van der Waals surface area contributed by atoms with E-state index in [1.165, 1.54) is 6.07 Å². The lowest BCUT2D eigenvalue weighted by Gasteiger charge is -2.14. The average molecular weight is 279 g/mol. The third kappa shape index (κ3) is 3.52. The Morgan fingerprint density at radius 1 is 1.21 bits per heavy atom. The summed E-state index contributed by atoms with van der Waals surface area (Å²) >= 11 is 5.73. The normalized spacial score (nSPS) is 12.5. The molecule has 0 aliphatic heterocycles. The number of aromatic nitrogens is 1. The molecule has 1 aromatic carbocycles. The van der Waals surface area contributed by atoms with E-state index >= 15 is 0 Å². The van der Waals surface area contributed by atoms with Gasteiger partial charge in [0, 0.05) is 22.5 Å². The van der Waals surface area contributed by atoms with Crippen molar-refractivity contribution in [3.8, 4) is 0 Å². The van der Waals surface area contributed by atoms with Gasteiger partial charge in [-0.05, 0) is 55.7 Å². The fourth-order valence-corrected chi connectivity index (χ4v) is 2.28. The van der Waals surface area contributed by atoms with Gasteiger partial charge in [-0.25, -0.2) is 4.39 Å². The minimum absolute atomic E-state index is 0.254. The Hall–Kier alpha value is -1.45. The van der Waals surface area contributed by atoms with Crippen molar-refractivity contribution >= 4 is 11.6 Å². The molecule has 1 unspecified atom stereocenters. The van der Waals surface area contributed by atoms with Gasteiger partial charge >= 0.3 is 0 Å². The molecular weight excluding hydrogens is 263 g/mol. The first-order valence-corrected chi connectivity index (χ1v) is 6.48. The lowest BCUT2D eigenvalue weighted by Crippen LogP contribution is -2.15. The Balaban J connectivity index is 2.22. The summed E-state index contributed by atoms with van der Waals surface area (Å²) in [6.07, 6.45) is 0.436. The Morgan fingerprint density at radius 2 is 1.84 bits per heavy atom. The summed E-state index contributed by atoms with van der Waals surface area (Å²) in [5.74, 6) is -0.314. The highest BCUT2D eigenvalue weighted by Gasteiger charge is 2.12. The van der Waals surface area contributed by atoms with E-state index in [1.807, 2.05) is 26.0 Å². The second-order valence-electron chi connectivity index (χ2n) is 4.73.